The van der Waals surface area contributed by atoms with Crippen molar-refractivity contribution in [2.24, 2.45) is 35.5 Å². The average molecular weight is 977 g/mol. The van der Waals surface area contributed by atoms with Gasteiger partial charge in [0.1, 0.15) is 23.0 Å². The highest BCUT2D eigenvalue weighted by atomic mass is 31.2. The lowest BCUT2D eigenvalue weighted by Gasteiger charge is -2.45. The summed E-state index contributed by atoms with van der Waals surface area (Å²) < 4.78 is 42.9. The fourth-order valence-electron chi connectivity index (χ4n) is 11.0. The molecule has 368 valence electrons. The Bertz CT molecular complexity index is 2760. The van der Waals surface area contributed by atoms with Gasteiger partial charge in [-0.05, 0) is 147 Å². The van der Waals surface area contributed by atoms with Crippen LogP contribution in [0.25, 0.3) is 32.3 Å². The first-order chi connectivity index (χ1) is 34.2. The van der Waals surface area contributed by atoms with Crippen molar-refractivity contribution in [3.63, 3.8) is 0 Å². The molecule has 9 atom stereocenters. The summed E-state index contributed by atoms with van der Waals surface area (Å²) in [5, 5.41) is 6.64. The van der Waals surface area contributed by atoms with E-state index >= 15 is 0 Å². The highest BCUT2D eigenvalue weighted by Gasteiger charge is 2.45. The number of aryl methyl sites for hydroxylation is 3. The summed E-state index contributed by atoms with van der Waals surface area (Å²) >= 11 is 0. The second-order valence-electron chi connectivity index (χ2n) is 19.3. The van der Waals surface area contributed by atoms with Crippen LogP contribution in [0.5, 0.6) is 17.2 Å². The molecule has 6 nitrogen and oxygen atoms in total. The van der Waals surface area contributed by atoms with Crippen molar-refractivity contribution in [2.75, 3.05) is 0 Å². The molecule has 9 unspecified atom stereocenters. The molecule has 0 heterocycles. The first-order valence-corrected chi connectivity index (χ1v) is 28.2. The smallest absolute Gasteiger partial charge is 0.422 e. The van der Waals surface area contributed by atoms with Gasteiger partial charge in [-0.1, -0.05) is 168 Å². The summed E-state index contributed by atoms with van der Waals surface area (Å²) in [4.78, 5) is 0. The molecule has 0 aromatic heterocycles. The molecule has 70 heavy (non-hydrogen) atoms. The van der Waals surface area contributed by atoms with E-state index in [1.165, 1.54) is 27.6 Å². The molecule has 10 rings (SSSR count). The summed E-state index contributed by atoms with van der Waals surface area (Å²) in [6, 6.07) is 38.0. The lowest BCUT2D eigenvalue weighted by Crippen LogP contribution is -2.43. The second-order valence-corrected chi connectivity index (χ2v) is 21.4. The van der Waals surface area contributed by atoms with Gasteiger partial charge in [-0.3, -0.25) is 9.05 Å². The lowest BCUT2D eigenvalue weighted by molar-refractivity contribution is -0.0375. The first-order valence-electron chi connectivity index (χ1n) is 26.0. The van der Waals surface area contributed by atoms with Crippen LogP contribution in [0, 0.1) is 56.3 Å². The molecular formula is C62H74O6P2. The van der Waals surface area contributed by atoms with Crippen LogP contribution >= 0.6 is 17.2 Å². The van der Waals surface area contributed by atoms with Gasteiger partial charge in [-0.25, -0.2) is 0 Å². The Morgan fingerprint density at radius 2 is 0.786 bits per heavy atom. The standard InChI is InChI=1S/C58H62O6P2.2C2H6/c1-37-23-29-57(63-65(59-53-31-25-39(3)43-15-7-11-19-47(43)53)60-54-32-26-40(4)44-16-8-12-20-48(44)54)51(35-37)52-36-38(2)24-30-58(52)64-66(61-55-33-27-41(5)45-17-9-13-21-49(45)55)62-56-34-28-42(6)46-18-10-14-22-50(46)56;2*1-2/h7-22,25-28,31-34,37-38,43,47,51-52,57-58H,23-24,29-30,35-36H2,1-6H3;2*1-2H3. The van der Waals surface area contributed by atoms with Gasteiger partial charge in [-0.15, -0.1) is 0 Å². The van der Waals surface area contributed by atoms with E-state index in [1.54, 1.807) is 0 Å². The van der Waals surface area contributed by atoms with Crippen LogP contribution in [0.3, 0.4) is 0 Å². The Morgan fingerprint density at radius 3 is 1.20 bits per heavy atom. The molecule has 2 saturated carbocycles. The van der Waals surface area contributed by atoms with Crippen LogP contribution in [-0.2, 0) is 13.6 Å². The van der Waals surface area contributed by atoms with Gasteiger partial charge in [0.05, 0.1) is 12.2 Å². The van der Waals surface area contributed by atoms with Gasteiger partial charge in [0.2, 0.25) is 0 Å². The van der Waals surface area contributed by atoms with Crippen molar-refractivity contribution in [1.82, 2.24) is 0 Å². The summed E-state index contributed by atoms with van der Waals surface area (Å²) in [7, 11) is -3.76. The zero-order chi connectivity index (χ0) is 49.3. The van der Waals surface area contributed by atoms with Gasteiger partial charge >= 0.3 is 17.2 Å². The fraction of sp³-hybridized carbons (Fsp3) is 0.387. The largest absolute Gasteiger partial charge is 0.463 e. The quantitative estimate of drug-likeness (QED) is 0.108. The Hall–Kier alpha value is -4.96. The third kappa shape index (κ3) is 11.5. The molecule has 6 aromatic rings. The first kappa shape index (κ1) is 51.4. The summed E-state index contributed by atoms with van der Waals surface area (Å²) in [6.45, 7) is 21.4. The predicted molar refractivity (Wildman–Crippen MR) is 295 cm³/mol. The third-order valence-corrected chi connectivity index (χ3v) is 17.0. The van der Waals surface area contributed by atoms with E-state index in [9.17, 15) is 0 Å². The number of rotatable bonds is 13. The highest BCUT2D eigenvalue weighted by molar-refractivity contribution is 7.42. The second kappa shape index (κ2) is 24.0. The van der Waals surface area contributed by atoms with Gasteiger partial charge in [0.25, 0.3) is 0 Å². The number of allylic oxidation sites excluding steroid dienone is 7. The fourth-order valence-corrected chi connectivity index (χ4v) is 13.5. The normalized spacial score (nSPS) is 24.3. The van der Waals surface area contributed by atoms with Crippen LogP contribution in [0.4, 0.5) is 0 Å². The monoisotopic (exact) mass is 976 g/mol. The van der Waals surface area contributed by atoms with E-state index in [2.05, 4.69) is 187 Å². The number of hydrogen-bond acceptors (Lipinski definition) is 6. The van der Waals surface area contributed by atoms with Crippen molar-refractivity contribution in [3.8, 4) is 17.2 Å². The van der Waals surface area contributed by atoms with Crippen molar-refractivity contribution in [3.05, 3.63) is 174 Å². The molecule has 8 heteroatoms. The molecule has 0 spiro atoms. The van der Waals surface area contributed by atoms with Gasteiger partial charge in [-0.2, -0.15) is 0 Å². The molecular weight excluding hydrogens is 903 g/mol. The molecule has 0 saturated heterocycles. The molecule has 4 aliphatic carbocycles. The summed E-state index contributed by atoms with van der Waals surface area (Å²) in [6.07, 6.45) is 19.0. The van der Waals surface area contributed by atoms with Crippen molar-refractivity contribution < 1.29 is 27.1 Å². The number of hydrogen-bond donors (Lipinski definition) is 0. The maximum absolute atomic E-state index is 7.40. The summed E-state index contributed by atoms with van der Waals surface area (Å²) in [5.41, 5.74) is 4.93. The molecule has 0 radical (unpaired) electrons. The van der Waals surface area contributed by atoms with Gasteiger partial charge in [0.15, 0.2) is 0 Å². The topological polar surface area (TPSA) is 55.4 Å². The Labute approximate surface area is 421 Å². The highest BCUT2D eigenvalue weighted by Crippen LogP contribution is 2.56. The zero-order valence-electron chi connectivity index (χ0n) is 43.1. The van der Waals surface area contributed by atoms with Crippen LogP contribution in [0.1, 0.15) is 104 Å². The van der Waals surface area contributed by atoms with Crippen molar-refractivity contribution in [1.29, 1.82) is 0 Å². The molecule has 0 N–H and O–H groups in total. The maximum atomic E-state index is 7.40. The van der Waals surface area contributed by atoms with Crippen LogP contribution < -0.4 is 13.6 Å². The lowest BCUT2D eigenvalue weighted by atomic mass is 9.66. The Kier molecular flexibility index (Phi) is 17.6. The maximum Gasteiger partial charge on any atom is 0.463 e. The van der Waals surface area contributed by atoms with Crippen LogP contribution in [-0.4, -0.2) is 12.2 Å². The Morgan fingerprint density at radius 1 is 0.414 bits per heavy atom. The number of benzene rings is 6. The van der Waals surface area contributed by atoms with Gasteiger partial charge < -0.3 is 18.1 Å². The van der Waals surface area contributed by atoms with E-state index in [0.29, 0.717) is 11.8 Å². The minimum Gasteiger partial charge on any atom is -0.422 e. The molecule has 0 aliphatic heterocycles. The molecule has 6 aromatic carbocycles. The molecule has 4 aliphatic rings. The minimum absolute atomic E-state index is 0.0849. The van der Waals surface area contributed by atoms with Crippen LogP contribution in [0.2, 0.25) is 0 Å². The van der Waals surface area contributed by atoms with E-state index in [-0.39, 0.29) is 35.9 Å². The molecule has 0 bridgehead atoms. The van der Waals surface area contributed by atoms with Crippen LogP contribution in [0.15, 0.2) is 157 Å². The third-order valence-electron chi connectivity index (χ3n) is 14.7. The summed E-state index contributed by atoms with van der Waals surface area (Å²) in [5.74, 6) is 5.02. The van der Waals surface area contributed by atoms with Crippen molar-refractivity contribution >= 4 is 49.5 Å². The predicted octanol–water partition coefficient (Wildman–Crippen LogP) is 19.0. The van der Waals surface area contributed by atoms with Gasteiger partial charge in [0, 0.05) is 28.0 Å². The molecule has 0 amide bonds. The van der Waals surface area contributed by atoms with Crippen molar-refractivity contribution in [2.45, 2.75) is 120 Å². The SMILES string of the molecule is CC.CC.CC1=CC=C(OP(Oc2ccc(C)c3ccccc23)OC2CCC(C)CC2C2CC(C)CCC2OP(Oc2ccc(C)c3ccccc23)Oc2ccc(C)c3ccccc23)C2C=CC=CC12. The average Bonchev–Trinajstić information content (AvgIpc) is 3.39. The minimum atomic E-state index is -1.89. The van der Waals surface area contributed by atoms with E-state index in [1.807, 2.05) is 27.7 Å². The Balaban J connectivity index is 0.00000161. The number of fused-ring (bicyclic) bond motifs is 4. The van der Waals surface area contributed by atoms with E-state index in [0.717, 1.165) is 88.5 Å². The molecule has 2 fully saturated rings. The van der Waals surface area contributed by atoms with E-state index in [4.69, 9.17) is 27.1 Å². The zero-order valence-corrected chi connectivity index (χ0v) is 44.9. The van der Waals surface area contributed by atoms with E-state index < -0.39 is 17.2 Å².